The van der Waals surface area contributed by atoms with Gasteiger partial charge < -0.3 is 20.6 Å². The number of carbonyl (C=O) groups excluding carboxylic acids is 2. The number of urea groups is 1. The van der Waals surface area contributed by atoms with E-state index in [1.807, 2.05) is 35.2 Å². The number of likely N-dealkylation sites (tertiary alicyclic amines) is 1. The number of amides is 3. The van der Waals surface area contributed by atoms with E-state index in [1.54, 1.807) is 0 Å². The van der Waals surface area contributed by atoms with Crippen molar-refractivity contribution in [3.05, 3.63) is 35.9 Å². The number of benzene rings is 1. The van der Waals surface area contributed by atoms with Gasteiger partial charge in [0.2, 0.25) is 5.91 Å². The Hall–Kier alpha value is -2.57. The molecule has 1 atom stereocenters. The van der Waals surface area contributed by atoms with Crippen LogP contribution in [-0.2, 0) is 16.0 Å². The van der Waals surface area contributed by atoms with E-state index >= 15 is 0 Å². The van der Waals surface area contributed by atoms with Gasteiger partial charge in [-0.2, -0.15) is 0 Å². The normalized spacial score (nSPS) is 15.3. The number of piperidine rings is 1. The summed E-state index contributed by atoms with van der Waals surface area (Å²) in [6, 6.07) is 9.14. The van der Waals surface area contributed by atoms with Gasteiger partial charge in [-0.1, -0.05) is 30.3 Å². The third-order valence-electron chi connectivity index (χ3n) is 4.68. The van der Waals surface area contributed by atoms with E-state index in [0.717, 1.165) is 24.9 Å². The molecule has 1 heterocycles. The molecule has 0 aromatic heterocycles. The molecule has 3 amide bonds. The number of rotatable bonds is 10. The van der Waals surface area contributed by atoms with Crippen LogP contribution in [0.5, 0.6) is 0 Å². The zero-order valence-electron chi connectivity index (χ0n) is 15.7. The summed E-state index contributed by atoms with van der Waals surface area (Å²) in [4.78, 5) is 36.6. The van der Waals surface area contributed by atoms with Crippen molar-refractivity contribution in [3.63, 3.8) is 0 Å². The van der Waals surface area contributed by atoms with E-state index in [9.17, 15) is 14.4 Å². The number of carboxylic acids is 1. The van der Waals surface area contributed by atoms with Gasteiger partial charge in [-0.25, -0.2) is 4.79 Å². The molecule has 0 saturated carbocycles. The van der Waals surface area contributed by atoms with E-state index in [4.69, 9.17) is 5.11 Å². The Kier molecular flexibility index (Phi) is 8.61. The number of hydrogen-bond donors (Lipinski definition) is 3. The molecule has 27 heavy (non-hydrogen) atoms. The second-order valence-corrected chi connectivity index (χ2v) is 6.91. The molecule has 148 valence electrons. The van der Waals surface area contributed by atoms with Gasteiger partial charge in [0.05, 0.1) is 0 Å². The number of nitrogens with one attached hydrogen (secondary N) is 2. The van der Waals surface area contributed by atoms with Crippen LogP contribution in [0.3, 0.4) is 0 Å². The van der Waals surface area contributed by atoms with Crippen LogP contribution in [0, 0.1) is 0 Å². The maximum atomic E-state index is 12.2. The summed E-state index contributed by atoms with van der Waals surface area (Å²) < 4.78 is 0. The van der Waals surface area contributed by atoms with Crippen molar-refractivity contribution in [3.8, 4) is 0 Å². The predicted molar refractivity (Wildman–Crippen MR) is 102 cm³/mol. The molecule has 0 radical (unpaired) electrons. The largest absolute Gasteiger partial charge is 0.481 e. The summed E-state index contributed by atoms with van der Waals surface area (Å²) >= 11 is 0. The van der Waals surface area contributed by atoms with Gasteiger partial charge in [0.1, 0.15) is 0 Å². The molecule has 1 unspecified atom stereocenters. The monoisotopic (exact) mass is 375 g/mol. The molecule has 2 rings (SSSR count). The number of hydrogen-bond acceptors (Lipinski definition) is 3. The number of nitrogens with zero attached hydrogens (tertiary/aromatic N) is 1. The Bertz CT molecular complexity index is 621. The van der Waals surface area contributed by atoms with Gasteiger partial charge >= 0.3 is 12.0 Å². The Morgan fingerprint density at radius 1 is 1.19 bits per heavy atom. The van der Waals surface area contributed by atoms with Gasteiger partial charge in [-0.15, -0.1) is 0 Å². The molecule has 3 N–H and O–H groups in total. The fourth-order valence-electron chi connectivity index (χ4n) is 3.23. The first kappa shape index (κ1) is 20.7. The molecule has 7 heteroatoms. The average molecular weight is 375 g/mol. The molecule has 1 saturated heterocycles. The second kappa shape index (κ2) is 11.2. The van der Waals surface area contributed by atoms with Crippen molar-refractivity contribution >= 4 is 17.9 Å². The van der Waals surface area contributed by atoms with Crippen molar-refractivity contribution < 1.29 is 19.5 Å². The lowest BCUT2D eigenvalue weighted by molar-refractivity contribution is -0.137. The van der Waals surface area contributed by atoms with Crippen molar-refractivity contribution in [1.29, 1.82) is 0 Å². The van der Waals surface area contributed by atoms with E-state index in [1.165, 1.54) is 0 Å². The topological polar surface area (TPSA) is 98.7 Å². The zero-order chi connectivity index (χ0) is 19.5. The highest BCUT2D eigenvalue weighted by Gasteiger charge is 2.18. The first-order valence-electron chi connectivity index (χ1n) is 9.62. The average Bonchev–Trinajstić information content (AvgIpc) is 2.65. The second-order valence-electron chi connectivity index (χ2n) is 6.91. The molecule has 7 nitrogen and oxygen atoms in total. The van der Waals surface area contributed by atoms with Gasteiger partial charge in [-0.05, 0) is 37.7 Å². The lowest BCUT2D eigenvalue weighted by atomic mass is 10.0. The highest BCUT2D eigenvalue weighted by atomic mass is 16.4. The van der Waals surface area contributed by atoms with Crippen LogP contribution in [0.4, 0.5) is 4.79 Å². The highest BCUT2D eigenvalue weighted by Crippen LogP contribution is 2.10. The molecular formula is C20H29N3O4. The molecule has 0 bridgehead atoms. The maximum Gasteiger partial charge on any atom is 0.315 e. The zero-order valence-corrected chi connectivity index (χ0v) is 15.7. The molecule has 1 aliphatic heterocycles. The van der Waals surface area contributed by atoms with Crippen molar-refractivity contribution in [2.24, 2.45) is 0 Å². The molecule has 1 aromatic rings. The van der Waals surface area contributed by atoms with Crippen LogP contribution in [0.25, 0.3) is 0 Å². The lowest BCUT2D eigenvalue weighted by Gasteiger charge is -2.26. The first-order valence-corrected chi connectivity index (χ1v) is 9.62. The summed E-state index contributed by atoms with van der Waals surface area (Å²) in [6.45, 7) is 1.94. The van der Waals surface area contributed by atoms with E-state index in [-0.39, 0.29) is 24.4 Å². The summed E-state index contributed by atoms with van der Waals surface area (Å²) in [5.41, 5.74) is 1.05. The van der Waals surface area contributed by atoms with Crippen LogP contribution in [0.1, 0.15) is 44.1 Å². The highest BCUT2D eigenvalue weighted by molar-refractivity contribution is 5.77. The smallest absolute Gasteiger partial charge is 0.315 e. The fourth-order valence-corrected chi connectivity index (χ4v) is 3.23. The molecule has 1 aliphatic rings. The minimum atomic E-state index is -0.874. The molecule has 1 aromatic carbocycles. The number of aliphatic carboxylic acids is 1. The van der Waals surface area contributed by atoms with Crippen LogP contribution in [0.15, 0.2) is 30.3 Å². The van der Waals surface area contributed by atoms with Gasteiger partial charge in [0.15, 0.2) is 0 Å². The number of carbonyl (C=O) groups is 3. The molecule has 0 aliphatic carbocycles. The van der Waals surface area contributed by atoms with E-state index in [2.05, 4.69) is 10.6 Å². The number of carboxylic acid groups (broad SMARTS) is 1. The van der Waals surface area contributed by atoms with Crippen molar-refractivity contribution in [2.75, 3.05) is 19.6 Å². The van der Waals surface area contributed by atoms with Crippen molar-refractivity contribution in [2.45, 2.75) is 51.0 Å². The van der Waals surface area contributed by atoms with Crippen LogP contribution >= 0.6 is 0 Å². The SMILES string of the molecule is O=C(O)CCC(Cc1ccccc1)NC(=O)NCCCN1CCCCC1=O. The Balaban J connectivity index is 1.73. The minimum absolute atomic E-state index is 0.00878. The molecular weight excluding hydrogens is 346 g/mol. The van der Waals surface area contributed by atoms with Gasteiger partial charge in [-0.3, -0.25) is 9.59 Å². The third kappa shape index (κ3) is 8.11. The lowest BCUT2D eigenvalue weighted by Crippen LogP contribution is -2.44. The Labute approximate surface area is 160 Å². The standard InChI is InChI=1S/C20H29N3O4/c24-18-9-4-5-13-23(18)14-6-12-21-20(27)22-17(10-11-19(25)26)15-16-7-2-1-3-8-16/h1-3,7-8,17H,4-6,9-15H2,(H,25,26)(H2,21,22,27). The third-order valence-corrected chi connectivity index (χ3v) is 4.68. The summed E-state index contributed by atoms with van der Waals surface area (Å²) in [5.74, 6) is -0.677. The molecule has 0 spiro atoms. The molecule has 1 fully saturated rings. The van der Waals surface area contributed by atoms with E-state index in [0.29, 0.717) is 38.8 Å². The summed E-state index contributed by atoms with van der Waals surface area (Å²) in [5, 5.41) is 14.6. The van der Waals surface area contributed by atoms with Gasteiger partial charge in [0, 0.05) is 38.5 Å². The summed E-state index contributed by atoms with van der Waals surface area (Å²) in [6.07, 6.45) is 4.31. The fraction of sp³-hybridized carbons (Fsp3) is 0.550. The minimum Gasteiger partial charge on any atom is -0.481 e. The van der Waals surface area contributed by atoms with Crippen LogP contribution < -0.4 is 10.6 Å². The first-order chi connectivity index (χ1) is 13.0. The Morgan fingerprint density at radius 2 is 1.96 bits per heavy atom. The van der Waals surface area contributed by atoms with Crippen LogP contribution in [-0.4, -0.2) is 53.6 Å². The summed E-state index contributed by atoms with van der Waals surface area (Å²) in [7, 11) is 0. The predicted octanol–water partition coefficient (Wildman–Crippen LogP) is 2.16. The maximum absolute atomic E-state index is 12.2. The van der Waals surface area contributed by atoms with Gasteiger partial charge in [0.25, 0.3) is 0 Å². The van der Waals surface area contributed by atoms with E-state index < -0.39 is 5.97 Å². The van der Waals surface area contributed by atoms with Crippen molar-refractivity contribution in [1.82, 2.24) is 15.5 Å². The van der Waals surface area contributed by atoms with Crippen LogP contribution in [0.2, 0.25) is 0 Å². The quantitative estimate of drug-likeness (QED) is 0.546. The Morgan fingerprint density at radius 3 is 2.67 bits per heavy atom.